The summed E-state index contributed by atoms with van der Waals surface area (Å²) in [5, 5.41) is 5.20. The molecule has 0 atom stereocenters. The van der Waals surface area contributed by atoms with E-state index in [0.29, 0.717) is 5.92 Å². The van der Waals surface area contributed by atoms with Crippen LogP contribution in [0.5, 0.6) is 0 Å². The van der Waals surface area contributed by atoms with E-state index in [9.17, 15) is 0 Å². The fourth-order valence-electron chi connectivity index (χ4n) is 1.85. The molecule has 0 bridgehead atoms. The first-order chi connectivity index (χ1) is 8.60. The molecule has 0 spiro atoms. The second-order valence-electron chi connectivity index (χ2n) is 4.85. The fraction of sp³-hybridized carbons (Fsp3) is 0.429. The lowest BCUT2D eigenvalue weighted by atomic mass is 10.1. The molecule has 18 heavy (non-hydrogen) atoms. The SMILES string of the molecule is CNc1cc(CC(C)C)nc(-c2sccc2C)n1. The lowest BCUT2D eigenvalue weighted by molar-refractivity contribution is 0.635. The molecule has 3 nitrogen and oxygen atoms in total. The van der Waals surface area contributed by atoms with Gasteiger partial charge >= 0.3 is 0 Å². The van der Waals surface area contributed by atoms with Crippen LogP contribution in [-0.4, -0.2) is 17.0 Å². The molecule has 0 aliphatic heterocycles. The summed E-state index contributed by atoms with van der Waals surface area (Å²) in [7, 11) is 1.90. The number of aromatic nitrogens is 2. The molecule has 1 N–H and O–H groups in total. The van der Waals surface area contributed by atoms with Crippen molar-refractivity contribution in [3.8, 4) is 10.7 Å². The molecule has 4 heteroatoms. The number of nitrogens with zero attached hydrogens (tertiary/aromatic N) is 2. The van der Waals surface area contributed by atoms with E-state index in [1.54, 1.807) is 11.3 Å². The van der Waals surface area contributed by atoms with E-state index in [0.717, 1.165) is 28.6 Å². The molecule has 0 saturated carbocycles. The molecule has 0 fully saturated rings. The minimum atomic E-state index is 0.599. The quantitative estimate of drug-likeness (QED) is 0.910. The van der Waals surface area contributed by atoms with Gasteiger partial charge < -0.3 is 5.32 Å². The third-order valence-electron chi connectivity index (χ3n) is 2.72. The molecule has 0 aliphatic rings. The van der Waals surface area contributed by atoms with E-state index < -0.39 is 0 Å². The van der Waals surface area contributed by atoms with Crippen LogP contribution in [0, 0.1) is 12.8 Å². The smallest absolute Gasteiger partial charge is 0.172 e. The van der Waals surface area contributed by atoms with Gasteiger partial charge in [0.2, 0.25) is 0 Å². The predicted molar refractivity (Wildman–Crippen MR) is 78.2 cm³/mol. The molecule has 0 amide bonds. The van der Waals surface area contributed by atoms with Crippen molar-refractivity contribution in [2.24, 2.45) is 5.92 Å². The first kappa shape index (κ1) is 13.0. The van der Waals surface area contributed by atoms with Gasteiger partial charge in [-0.05, 0) is 36.3 Å². The Labute approximate surface area is 112 Å². The summed E-state index contributed by atoms with van der Waals surface area (Å²) in [5.74, 6) is 2.33. The van der Waals surface area contributed by atoms with Gasteiger partial charge in [-0.3, -0.25) is 0 Å². The Morgan fingerprint density at radius 2 is 2.11 bits per heavy atom. The van der Waals surface area contributed by atoms with E-state index >= 15 is 0 Å². The summed E-state index contributed by atoms with van der Waals surface area (Å²) in [6, 6.07) is 4.14. The number of hydrogen-bond donors (Lipinski definition) is 1. The first-order valence-corrected chi connectivity index (χ1v) is 7.08. The molecule has 96 valence electrons. The molecule has 0 unspecified atom stereocenters. The standard InChI is InChI=1S/C14H19N3S/c1-9(2)7-11-8-12(15-4)17-14(16-11)13-10(3)5-6-18-13/h5-6,8-9H,7H2,1-4H3,(H,15,16,17). The van der Waals surface area contributed by atoms with Crippen molar-refractivity contribution in [3.63, 3.8) is 0 Å². The molecule has 2 heterocycles. The maximum atomic E-state index is 4.68. The average molecular weight is 261 g/mol. The molecule has 2 aromatic heterocycles. The highest BCUT2D eigenvalue weighted by molar-refractivity contribution is 7.13. The van der Waals surface area contributed by atoms with Crippen LogP contribution in [0.25, 0.3) is 10.7 Å². The van der Waals surface area contributed by atoms with Crippen molar-refractivity contribution in [3.05, 3.63) is 28.8 Å². The largest absolute Gasteiger partial charge is 0.373 e. The number of aryl methyl sites for hydroxylation is 1. The molecular weight excluding hydrogens is 242 g/mol. The van der Waals surface area contributed by atoms with Gasteiger partial charge in [-0.1, -0.05) is 13.8 Å². The van der Waals surface area contributed by atoms with E-state index in [2.05, 4.69) is 47.5 Å². The van der Waals surface area contributed by atoms with Crippen LogP contribution in [0.2, 0.25) is 0 Å². The van der Waals surface area contributed by atoms with Gasteiger partial charge in [-0.15, -0.1) is 11.3 Å². The first-order valence-electron chi connectivity index (χ1n) is 6.20. The minimum absolute atomic E-state index is 0.599. The van der Waals surface area contributed by atoms with Crippen molar-refractivity contribution in [1.29, 1.82) is 0 Å². The van der Waals surface area contributed by atoms with E-state index in [1.165, 1.54) is 5.56 Å². The molecule has 2 aromatic rings. The summed E-state index contributed by atoms with van der Waals surface area (Å²) >= 11 is 1.70. The van der Waals surface area contributed by atoms with Gasteiger partial charge in [0.25, 0.3) is 0 Å². The lowest BCUT2D eigenvalue weighted by Gasteiger charge is -2.09. The van der Waals surface area contributed by atoms with Crippen molar-refractivity contribution in [2.45, 2.75) is 27.2 Å². The topological polar surface area (TPSA) is 37.8 Å². The normalized spacial score (nSPS) is 10.9. The highest BCUT2D eigenvalue weighted by Crippen LogP contribution is 2.27. The Hall–Kier alpha value is -1.42. The molecule has 2 rings (SSSR count). The van der Waals surface area contributed by atoms with Gasteiger partial charge in [0.15, 0.2) is 5.82 Å². The molecular formula is C14H19N3S. The van der Waals surface area contributed by atoms with Gasteiger partial charge in [-0.2, -0.15) is 0 Å². The monoisotopic (exact) mass is 261 g/mol. The second-order valence-corrected chi connectivity index (χ2v) is 5.76. The van der Waals surface area contributed by atoms with Crippen LogP contribution in [0.15, 0.2) is 17.5 Å². The van der Waals surface area contributed by atoms with Crippen molar-refractivity contribution >= 4 is 17.2 Å². The minimum Gasteiger partial charge on any atom is -0.373 e. The number of thiophene rings is 1. The van der Waals surface area contributed by atoms with Crippen LogP contribution in [0.4, 0.5) is 5.82 Å². The zero-order chi connectivity index (χ0) is 13.1. The van der Waals surface area contributed by atoms with Crippen LogP contribution in [-0.2, 0) is 6.42 Å². The van der Waals surface area contributed by atoms with E-state index in [1.807, 2.05) is 13.1 Å². The Balaban J connectivity index is 2.44. The van der Waals surface area contributed by atoms with Crippen LogP contribution in [0.1, 0.15) is 25.1 Å². The van der Waals surface area contributed by atoms with Crippen molar-refractivity contribution in [2.75, 3.05) is 12.4 Å². The molecule has 0 aliphatic carbocycles. The maximum absolute atomic E-state index is 4.68. The van der Waals surface area contributed by atoms with E-state index in [4.69, 9.17) is 0 Å². The summed E-state index contributed by atoms with van der Waals surface area (Å²) in [6.07, 6.45) is 0.981. The van der Waals surface area contributed by atoms with Crippen LogP contribution < -0.4 is 5.32 Å². The number of rotatable bonds is 4. The Morgan fingerprint density at radius 1 is 1.33 bits per heavy atom. The maximum Gasteiger partial charge on any atom is 0.172 e. The van der Waals surface area contributed by atoms with Crippen molar-refractivity contribution < 1.29 is 0 Å². The van der Waals surface area contributed by atoms with Crippen LogP contribution in [0.3, 0.4) is 0 Å². The fourth-order valence-corrected chi connectivity index (χ4v) is 2.71. The van der Waals surface area contributed by atoms with Gasteiger partial charge in [0.05, 0.1) is 4.88 Å². The second kappa shape index (κ2) is 5.48. The summed E-state index contributed by atoms with van der Waals surface area (Å²) in [6.45, 7) is 6.51. The predicted octanol–water partition coefficient (Wildman–Crippen LogP) is 3.75. The van der Waals surface area contributed by atoms with Crippen molar-refractivity contribution in [1.82, 2.24) is 9.97 Å². The van der Waals surface area contributed by atoms with Gasteiger partial charge in [0, 0.05) is 18.8 Å². The summed E-state index contributed by atoms with van der Waals surface area (Å²) < 4.78 is 0. The highest BCUT2D eigenvalue weighted by Gasteiger charge is 2.10. The van der Waals surface area contributed by atoms with Gasteiger partial charge in [-0.25, -0.2) is 9.97 Å². The Kier molecular flexibility index (Phi) is 3.97. The third kappa shape index (κ3) is 2.88. The Bertz CT molecular complexity index is 532. The highest BCUT2D eigenvalue weighted by atomic mass is 32.1. The number of anilines is 1. The summed E-state index contributed by atoms with van der Waals surface area (Å²) in [4.78, 5) is 10.4. The number of hydrogen-bond acceptors (Lipinski definition) is 4. The Morgan fingerprint density at radius 3 is 2.67 bits per heavy atom. The lowest BCUT2D eigenvalue weighted by Crippen LogP contribution is -2.03. The summed E-state index contributed by atoms with van der Waals surface area (Å²) in [5.41, 5.74) is 2.34. The zero-order valence-electron chi connectivity index (χ0n) is 11.3. The zero-order valence-corrected chi connectivity index (χ0v) is 12.1. The van der Waals surface area contributed by atoms with E-state index in [-0.39, 0.29) is 0 Å². The van der Waals surface area contributed by atoms with Gasteiger partial charge in [0.1, 0.15) is 5.82 Å². The average Bonchev–Trinajstić information content (AvgIpc) is 2.74. The molecule has 0 saturated heterocycles. The third-order valence-corrected chi connectivity index (χ3v) is 3.73. The molecule has 0 radical (unpaired) electrons. The van der Waals surface area contributed by atoms with Crippen LogP contribution >= 0.6 is 11.3 Å². The number of nitrogens with one attached hydrogen (secondary N) is 1. The molecule has 0 aromatic carbocycles.